The second-order valence-corrected chi connectivity index (χ2v) is 15.1. The SMILES string of the molecule is C=CCN(C(=O)[C@H]1[C@H]2C(=O)N([C@H](CO)c3ccccc3)C(C(=O)N(CC=C)c3c(C)cccc3Cl)C23CC[C@]1(C)S3)c1ccccc1. The number of fused-ring (bicyclic) bond motifs is 1. The van der Waals surface area contributed by atoms with E-state index in [9.17, 15) is 9.90 Å². The van der Waals surface area contributed by atoms with Gasteiger partial charge in [0, 0.05) is 23.5 Å². The highest BCUT2D eigenvalue weighted by Crippen LogP contribution is 2.72. The minimum absolute atomic E-state index is 0.163. The minimum atomic E-state index is -0.970. The highest BCUT2D eigenvalue weighted by atomic mass is 35.5. The molecule has 47 heavy (non-hydrogen) atoms. The summed E-state index contributed by atoms with van der Waals surface area (Å²) in [6, 6.07) is 22.4. The molecule has 3 fully saturated rings. The Labute approximate surface area is 285 Å². The zero-order chi connectivity index (χ0) is 33.5. The second-order valence-electron chi connectivity index (χ2n) is 12.8. The molecule has 6 atom stereocenters. The summed E-state index contributed by atoms with van der Waals surface area (Å²) in [5.74, 6) is -2.23. The van der Waals surface area contributed by atoms with Crippen LogP contribution < -0.4 is 9.80 Å². The average molecular weight is 670 g/mol. The predicted octanol–water partition coefficient (Wildman–Crippen LogP) is 6.60. The molecule has 7 nitrogen and oxygen atoms in total. The fraction of sp³-hybridized carbons (Fsp3) is 0.342. The predicted molar refractivity (Wildman–Crippen MR) is 190 cm³/mol. The van der Waals surface area contributed by atoms with Gasteiger partial charge in [-0.15, -0.1) is 24.9 Å². The molecule has 9 heteroatoms. The maximum atomic E-state index is 15.2. The van der Waals surface area contributed by atoms with Crippen molar-refractivity contribution in [2.24, 2.45) is 11.8 Å². The van der Waals surface area contributed by atoms with Gasteiger partial charge in [-0.25, -0.2) is 0 Å². The number of rotatable bonds is 11. The van der Waals surface area contributed by atoms with E-state index < -0.39 is 33.4 Å². The number of aryl methyl sites for hydroxylation is 1. The molecule has 2 unspecified atom stereocenters. The lowest BCUT2D eigenvalue weighted by molar-refractivity contribution is -0.142. The van der Waals surface area contributed by atoms with Gasteiger partial charge < -0.3 is 19.8 Å². The summed E-state index contributed by atoms with van der Waals surface area (Å²) in [6.07, 6.45) is 4.57. The van der Waals surface area contributed by atoms with Gasteiger partial charge in [-0.1, -0.05) is 84.4 Å². The Morgan fingerprint density at radius 1 is 0.979 bits per heavy atom. The summed E-state index contributed by atoms with van der Waals surface area (Å²) in [5.41, 5.74) is 2.81. The maximum absolute atomic E-state index is 15.2. The normalized spacial score (nSPS) is 26.5. The fourth-order valence-corrected chi connectivity index (χ4v) is 10.8. The number of aliphatic hydroxyl groups is 1. The number of benzene rings is 3. The molecule has 3 aromatic rings. The Morgan fingerprint density at radius 3 is 2.23 bits per heavy atom. The van der Waals surface area contributed by atoms with Gasteiger partial charge in [-0.05, 0) is 56.0 Å². The summed E-state index contributed by atoms with van der Waals surface area (Å²) in [5, 5.41) is 11.3. The van der Waals surface area contributed by atoms with Crippen LogP contribution >= 0.6 is 23.4 Å². The molecule has 3 amide bonds. The Kier molecular flexibility index (Phi) is 9.13. The Balaban J connectivity index is 1.52. The van der Waals surface area contributed by atoms with E-state index in [0.717, 1.165) is 11.3 Å². The molecule has 0 aliphatic carbocycles. The van der Waals surface area contributed by atoms with E-state index in [0.29, 0.717) is 29.1 Å². The molecule has 1 spiro atoms. The van der Waals surface area contributed by atoms with Crippen molar-refractivity contribution in [3.8, 4) is 0 Å². The van der Waals surface area contributed by atoms with Crippen LogP contribution in [0.5, 0.6) is 0 Å². The van der Waals surface area contributed by atoms with Crippen molar-refractivity contribution >= 4 is 52.5 Å². The van der Waals surface area contributed by atoms with E-state index in [-0.39, 0.29) is 37.4 Å². The summed E-state index contributed by atoms with van der Waals surface area (Å²) in [4.78, 5) is 50.0. The van der Waals surface area contributed by atoms with E-state index in [2.05, 4.69) is 20.1 Å². The molecule has 6 rings (SSSR count). The summed E-state index contributed by atoms with van der Waals surface area (Å²) < 4.78 is -1.49. The summed E-state index contributed by atoms with van der Waals surface area (Å²) in [6.45, 7) is 11.9. The number of halogens is 1. The minimum Gasteiger partial charge on any atom is -0.394 e. The van der Waals surface area contributed by atoms with Crippen molar-refractivity contribution in [3.63, 3.8) is 0 Å². The van der Waals surface area contributed by atoms with E-state index in [1.807, 2.05) is 79.7 Å². The van der Waals surface area contributed by atoms with Crippen molar-refractivity contribution in [1.82, 2.24) is 4.90 Å². The average Bonchev–Trinajstić information content (AvgIpc) is 3.64. The summed E-state index contributed by atoms with van der Waals surface area (Å²) in [7, 11) is 0. The number of carbonyl (C=O) groups excluding carboxylic acids is 3. The van der Waals surface area contributed by atoms with Gasteiger partial charge in [0.1, 0.15) is 6.04 Å². The highest BCUT2D eigenvalue weighted by molar-refractivity contribution is 8.02. The Hall–Kier alpha value is -3.85. The van der Waals surface area contributed by atoms with Crippen LogP contribution in [0.4, 0.5) is 11.4 Å². The molecule has 3 aliphatic heterocycles. The number of hydrogen-bond donors (Lipinski definition) is 1. The molecule has 2 bridgehead atoms. The van der Waals surface area contributed by atoms with Gasteiger partial charge in [0.25, 0.3) is 5.91 Å². The number of amides is 3. The molecule has 3 saturated heterocycles. The van der Waals surface area contributed by atoms with Crippen LogP contribution in [0.1, 0.15) is 36.9 Å². The molecule has 3 aromatic carbocycles. The van der Waals surface area contributed by atoms with Gasteiger partial charge in [0.15, 0.2) is 0 Å². The van der Waals surface area contributed by atoms with Crippen molar-refractivity contribution in [3.05, 3.63) is 120 Å². The molecular formula is C38H40ClN3O4S. The largest absolute Gasteiger partial charge is 0.394 e. The first-order valence-corrected chi connectivity index (χ1v) is 17.2. The quantitative estimate of drug-likeness (QED) is 0.233. The number of anilines is 2. The molecular weight excluding hydrogens is 630 g/mol. The third-order valence-corrected chi connectivity index (χ3v) is 12.4. The zero-order valence-electron chi connectivity index (χ0n) is 26.7. The first-order valence-electron chi connectivity index (χ1n) is 16.0. The maximum Gasteiger partial charge on any atom is 0.251 e. The van der Waals surface area contributed by atoms with Crippen LogP contribution in [0.25, 0.3) is 0 Å². The molecule has 0 radical (unpaired) electrons. The monoisotopic (exact) mass is 669 g/mol. The van der Waals surface area contributed by atoms with Gasteiger partial charge in [-0.3, -0.25) is 14.4 Å². The van der Waals surface area contributed by atoms with Crippen LogP contribution in [-0.2, 0) is 14.4 Å². The van der Waals surface area contributed by atoms with Gasteiger partial charge >= 0.3 is 0 Å². The van der Waals surface area contributed by atoms with Gasteiger partial charge in [-0.2, -0.15) is 0 Å². The van der Waals surface area contributed by atoms with Crippen molar-refractivity contribution in [1.29, 1.82) is 0 Å². The Morgan fingerprint density at radius 2 is 1.62 bits per heavy atom. The number of para-hydroxylation sites is 2. The number of hydrogen-bond acceptors (Lipinski definition) is 5. The fourth-order valence-electron chi connectivity index (χ4n) is 8.14. The standard InChI is InChI=1S/C38H40ClN3O4S/c1-5-22-40(27-17-11-8-12-18-27)34(44)30-31-35(45)42(29(24-43)26-15-9-7-10-16-26)33(38(31)21-20-37(30,4)47-38)36(46)41(23-6-2)32-25(3)14-13-19-28(32)39/h5-19,29-31,33,43H,1-2,20-24H2,3-4H3/t29-,30-,31+,33?,37+,38?/m1/s1. The van der Waals surface area contributed by atoms with Crippen LogP contribution in [0.2, 0.25) is 5.02 Å². The first kappa shape index (κ1) is 33.1. The van der Waals surface area contributed by atoms with Crippen molar-refractivity contribution in [2.75, 3.05) is 29.5 Å². The third kappa shape index (κ3) is 5.31. The molecule has 0 saturated carbocycles. The van der Waals surface area contributed by atoms with E-state index in [1.54, 1.807) is 44.7 Å². The van der Waals surface area contributed by atoms with Crippen LogP contribution in [0.3, 0.4) is 0 Å². The number of likely N-dealkylation sites (tertiary alicyclic amines) is 1. The third-order valence-electron chi connectivity index (χ3n) is 10.1. The molecule has 1 N–H and O–H groups in total. The van der Waals surface area contributed by atoms with Crippen LogP contribution in [0, 0.1) is 18.8 Å². The van der Waals surface area contributed by atoms with Gasteiger partial charge in [0.2, 0.25) is 11.8 Å². The molecule has 3 aliphatic rings. The Bertz CT molecular complexity index is 1680. The number of aliphatic hydroxyl groups excluding tert-OH is 1. The van der Waals surface area contributed by atoms with Crippen LogP contribution in [0.15, 0.2) is 104 Å². The lowest BCUT2D eigenvalue weighted by Gasteiger charge is -2.40. The number of carbonyl (C=O) groups is 3. The second kappa shape index (κ2) is 13.0. The molecule has 0 aromatic heterocycles. The molecule has 3 heterocycles. The molecule has 244 valence electrons. The number of nitrogens with zero attached hydrogens (tertiary/aromatic N) is 3. The van der Waals surface area contributed by atoms with Crippen molar-refractivity contribution in [2.45, 2.75) is 48.3 Å². The van der Waals surface area contributed by atoms with E-state index in [4.69, 9.17) is 11.6 Å². The highest BCUT2D eigenvalue weighted by Gasteiger charge is 2.78. The summed E-state index contributed by atoms with van der Waals surface area (Å²) >= 11 is 8.35. The van der Waals surface area contributed by atoms with Crippen molar-refractivity contribution < 1.29 is 19.5 Å². The smallest absolute Gasteiger partial charge is 0.251 e. The first-order chi connectivity index (χ1) is 22.6. The topological polar surface area (TPSA) is 81.2 Å². The lowest BCUT2D eigenvalue weighted by atomic mass is 9.66. The van der Waals surface area contributed by atoms with Crippen LogP contribution in [-0.4, -0.2) is 63.0 Å². The zero-order valence-corrected chi connectivity index (χ0v) is 28.3. The lowest BCUT2D eigenvalue weighted by Crippen LogP contribution is -2.56. The van der Waals surface area contributed by atoms with Gasteiger partial charge in [0.05, 0.1) is 39.9 Å². The van der Waals surface area contributed by atoms with E-state index >= 15 is 9.59 Å². The van der Waals surface area contributed by atoms with E-state index in [1.165, 1.54) is 0 Å². The number of thioether (sulfide) groups is 1.